The van der Waals surface area contributed by atoms with Crippen LogP contribution in [0.5, 0.6) is 5.75 Å². The first-order chi connectivity index (χ1) is 15.8. The fourth-order valence-electron chi connectivity index (χ4n) is 3.15. The van der Waals surface area contributed by atoms with Gasteiger partial charge in [-0.1, -0.05) is 53.5 Å². The van der Waals surface area contributed by atoms with Crippen LogP contribution >= 0.6 is 23.2 Å². The molecule has 0 unspecified atom stereocenters. The molecule has 0 heterocycles. The van der Waals surface area contributed by atoms with Crippen molar-refractivity contribution in [3.8, 4) is 5.75 Å². The van der Waals surface area contributed by atoms with Crippen LogP contribution in [0.3, 0.4) is 0 Å². The predicted molar refractivity (Wildman–Crippen MR) is 130 cm³/mol. The number of methoxy groups -OCH3 is 1. The summed E-state index contributed by atoms with van der Waals surface area (Å²) in [7, 11) is -2.37. The number of rotatable bonds is 10. The molecule has 0 bridgehead atoms. The number of ether oxygens (including phenoxy) is 1. The van der Waals surface area contributed by atoms with E-state index in [0.29, 0.717) is 28.6 Å². The third kappa shape index (κ3) is 6.95. The molecule has 3 rings (SSSR count). The van der Waals surface area contributed by atoms with Crippen molar-refractivity contribution in [3.05, 3.63) is 94.0 Å². The van der Waals surface area contributed by atoms with Crippen LogP contribution in [-0.4, -0.2) is 38.8 Å². The summed E-state index contributed by atoms with van der Waals surface area (Å²) in [5, 5.41) is 3.64. The predicted octanol–water partition coefficient (Wildman–Crippen LogP) is 4.55. The topological polar surface area (TPSA) is 75.7 Å². The third-order valence-corrected chi connectivity index (χ3v) is 7.40. The lowest BCUT2D eigenvalue weighted by Gasteiger charge is -2.22. The van der Waals surface area contributed by atoms with E-state index in [-0.39, 0.29) is 18.0 Å². The van der Waals surface area contributed by atoms with Gasteiger partial charge in [0.15, 0.2) is 0 Å². The van der Waals surface area contributed by atoms with Gasteiger partial charge in [0.1, 0.15) is 5.75 Å². The zero-order valence-corrected chi connectivity index (χ0v) is 20.3. The van der Waals surface area contributed by atoms with Gasteiger partial charge < -0.3 is 10.1 Å². The average Bonchev–Trinajstić information content (AvgIpc) is 2.80. The largest absolute Gasteiger partial charge is 0.497 e. The molecule has 0 spiro atoms. The molecule has 0 atom stereocenters. The molecule has 1 amide bonds. The number of carbonyl (C=O) groups excluding carboxylic acids is 1. The fourth-order valence-corrected chi connectivity index (χ4v) is 4.85. The summed E-state index contributed by atoms with van der Waals surface area (Å²) < 4.78 is 32.8. The molecule has 0 radical (unpaired) electrons. The van der Waals surface area contributed by atoms with Crippen LogP contribution in [-0.2, 0) is 27.8 Å². The quantitative estimate of drug-likeness (QED) is 0.437. The number of carbonyl (C=O) groups is 1. The van der Waals surface area contributed by atoms with Crippen molar-refractivity contribution in [1.29, 1.82) is 0 Å². The zero-order chi connectivity index (χ0) is 23.8. The van der Waals surface area contributed by atoms with E-state index in [9.17, 15) is 13.2 Å². The number of nitrogens with zero attached hydrogens (tertiary/aromatic N) is 1. The van der Waals surface area contributed by atoms with Gasteiger partial charge >= 0.3 is 0 Å². The Labute approximate surface area is 204 Å². The molecule has 6 nitrogen and oxygen atoms in total. The molecular weight excluding hydrogens is 483 g/mol. The molecule has 0 aromatic heterocycles. The Morgan fingerprint density at radius 2 is 1.64 bits per heavy atom. The van der Waals surface area contributed by atoms with Gasteiger partial charge in [0.05, 0.1) is 18.6 Å². The van der Waals surface area contributed by atoms with Crippen LogP contribution in [0.15, 0.2) is 77.7 Å². The Morgan fingerprint density at radius 1 is 0.970 bits per heavy atom. The van der Waals surface area contributed by atoms with Crippen molar-refractivity contribution < 1.29 is 17.9 Å². The lowest BCUT2D eigenvalue weighted by Crippen LogP contribution is -2.40. The maximum absolute atomic E-state index is 13.3. The van der Waals surface area contributed by atoms with Gasteiger partial charge in [-0.05, 0) is 60.0 Å². The van der Waals surface area contributed by atoms with Crippen molar-refractivity contribution in [1.82, 2.24) is 9.62 Å². The minimum absolute atomic E-state index is 0.0451. The van der Waals surface area contributed by atoms with Crippen molar-refractivity contribution >= 4 is 39.1 Å². The minimum Gasteiger partial charge on any atom is -0.497 e. The number of amides is 1. The van der Waals surface area contributed by atoms with E-state index in [2.05, 4.69) is 5.32 Å². The van der Waals surface area contributed by atoms with Crippen molar-refractivity contribution in [2.45, 2.75) is 17.9 Å². The molecule has 0 saturated carbocycles. The number of hydrogen-bond acceptors (Lipinski definition) is 4. The molecule has 0 fully saturated rings. The summed E-state index contributed by atoms with van der Waals surface area (Å²) in [6, 6.07) is 20.3. The van der Waals surface area contributed by atoms with Gasteiger partial charge in [0.25, 0.3) is 0 Å². The van der Waals surface area contributed by atoms with Crippen molar-refractivity contribution in [3.63, 3.8) is 0 Å². The Hall–Kier alpha value is -2.58. The van der Waals surface area contributed by atoms with E-state index in [0.717, 1.165) is 15.6 Å². The van der Waals surface area contributed by atoms with Crippen LogP contribution in [0.2, 0.25) is 10.0 Å². The summed E-state index contributed by atoms with van der Waals surface area (Å²) in [5.74, 6) is 0.346. The molecule has 0 aliphatic carbocycles. The van der Waals surface area contributed by atoms with Crippen molar-refractivity contribution in [2.75, 3.05) is 20.2 Å². The summed E-state index contributed by atoms with van der Waals surface area (Å²) in [5.41, 5.74) is 1.63. The number of halogens is 2. The second kappa shape index (κ2) is 11.5. The number of hydrogen-bond donors (Lipinski definition) is 1. The molecule has 0 aliphatic rings. The number of benzene rings is 3. The highest BCUT2D eigenvalue weighted by molar-refractivity contribution is 7.89. The second-order valence-corrected chi connectivity index (χ2v) is 10.0. The van der Waals surface area contributed by atoms with E-state index in [1.54, 1.807) is 31.4 Å². The van der Waals surface area contributed by atoms with Crippen LogP contribution < -0.4 is 10.1 Å². The number of sulfonamides is 1. The summed E-state index contributed by atoms with van der Waals surface area (Å²) >= 11 is 12.2. The van der Waals surface area contributed by atoms with E-state index < -0.39 is 15.9 Å². The standard InChI is InChI=1S/C24H24Cl2N2O4S/c1-32-21-10-6-18(7-11-21)14-15-27-24(29)17-28(16-19-4-2-3-5-23(19)26)33(30,31)22-12-8-20(25)9-13-22/h2-13H,14-17H2,1H3,(H,27,29). The molecular formula is C24H24Cl2N2O4S. The van der Waals surface area contributed by atoms with Crippen molar-refractivity contribution in [2.24, 2.45) is 0 Å². The normalized spacial score (nSPS) is 11.4. The second-order valence-electron chi connectivity index (χ2n) is 7.27. The highest BCUT2D eigenvalue weighted by Gasteiger charge is 2.27. The van der Waals surface area contributed by atoms with Gasteiger partial charge in [-0.15, -0.1) is 0 Å². The van der Waals surface area contributed by atoms with E-state index in [1.807, 2.05) is 24.3 Å². The first-order valence-electron chi connectivity index (χ1n) is 10.2. The lowest BCUT2D eigenvalue weighted by atomic mass is 10.1. The van der Waals surface area contributed by atoms with Gasteiger partial charge in [-0.2, -0.15) is 4.31 Å². The summed E-state index contributed by atoms with van der Waals surface area (Å²) in [6.45, 7) is -0.0264. The Morgan fingerprint density at radius 3 is 2.27 bits per heavy atom. The number of nitrogens with one attached hydrogen (secondary N) is 1. The lowest BCUT2D eigenvalue weighted by molar-refractivity contribution is -0.121. The SMILES string of the molecule is COc1ccc(CCNC(=O)CN(Cc2ccccc2Cl)S(=O)(=O)c2ccc(Cl)cc2)cc1. The molecule has 0 aliphatic heterocycles. The fraction of sp³-hybridized carbons (Fsp3) is 0.208. The smallest absolute Gasteiger partial charge is 0.243 e. The van der Waals surface area contributed by atoms with Gasteiger partial charge in [-0.3, -0.25) is 4.79 Å². The molecule has 1 N–H and O–H groups in total. The zero-order valence-electron chi connectivity index (χ0n) is 18.0. The van der Waals surface area contributed by atoms with Crippen LogP contribution in [0.4, 0.5) is 0 Å². The molecule has 3 aromatic rings. The van der Waals surface area contributed by atoms with Crippen LogP contribution in [0.25, 0.3) is 0 Å². The molecule has 174 valence electrons. The maximum Gasteiger partial charge on any atom is 0.243 e. The Bertz CT molecular complexity index is 1180. The Balaban J connectivity index is 1.72. The summed E-state index contributed by atoms with van der Waals surface area (Å²) in [6.07, 6.45) is 0.601. The monoisotopic (exact) mass is 506 g/mol. The average molecular weight is 507 g/mol. The first-order valence-corrected chi connectivity index (χ1v) is 12.4. The van der Waals surface area contributed by atoms with E-state index in [4.69, 9.17) is 27.9 Å². The molecule has 0 saturated heterocycles. The van der Waals surface area contributed by atoms with Gasteiger partial charge in [0, 0.05) is 23.1 Å². The van der Waals surface area contributed by atoms with Gasteiger partial charge in [0.2, 0.25) is 15.9 Å². The highest BCUT2D eigenvalue weighted by Crippen LogP contribution is 2.23. The first kappa shape index (κ1) is 25.1. The molecule has 3 aromatic carbocycles. The molecule has 9 heteroatoms. The maximum atomic E-state index is 13.3. The van der Waals surface area contributed by atoms with Crippen LogP contribution in [0, 0.1) is 0 Å². The van der Waals surface area contributed by atoms with E-state index in [1.165, 1.54) is 24.3 Å². The minimum atomic E-state index is -3.97. The highest BCUT2D eigenvalue weighted by atomic mass is 35.5. The molecule has 33 heavy (non-hydrogen) atoms. The van der Waals surface area contributed by atoms with Gasteiger partial charge in [-0.25, -0.2) is 8.42 Å². The van der Waals surface area contributed by atoms with Crippen LogP contribution in [0.1, 0.15) is 11.1 Å². The van der Waals surface area contributed by atoms with E-state index >= 15 is 0 Å². The summed E-state index contributed by atoms with van der Waals surface area (Å²) in [4.78, 5) is 12.7. The Kier molecular flexibility index (Phi) is 8.74. The third-order valence-electron chi connectivity index (χ3n) is 4.97.